The number of benzene rings is 1. The Labute approximate surface area is 194 Å². The lowest BCUT2D eigenvalue weighted by atomic mass is 10.1. The highest BCUT2D eigenvalue weighted by atomic mass is 32.2. The Morgan fingerprint density at radius 3 is 2.76 bits per heavy atom. The van der Waals surface area contributed by atoms with Crippen LogP contribution in [0.4, 0.5) is 17.3 Å². The first-order chi connectivity index (χ1) is 16.1. The molecule has 0 N–H and O–H groups in total. The molecule has 1 saturated heterocycles. The van der Waals surface area contributed by atoms with Crippen LogP contribution in [-0.4, -0.2) is 51.0 Å². The van der Waals surface area contributed by atoms with Gasteiger partial charge in [-0.1, -0.05) is 11.8 Å². The molecule has 1 aromatic carbocycles. The summed E-state index contributed by atoms with van der Waals surface area (Å²) in [6.07, 6.45) is 5.73. The number of non-ortho nitro benzene ring substituents is 1. The van der Waals surface area contributed by atoms with E-state index >= 15 is 0 Å². The van der Waals surface area contributed by atoms with Gasteiger partial charge in [0, 0.05) is 37.5 Å². The van der Waals surface area contributed by atoms with Crippen LogP contribution in [0, 0.1) is 10.1 Å². The topological polar surface area (TPSA) is 111 Å². The average Bonchev–Trinajstić information content (AvgIpc) is 3.58. The number of hydrogen-bond acceptors (Lipinski definition) is 8. The number of piperidine rings is 1. The average molecular weight is 469 g/mol. The minimum atomic E-state index is -0.410. The maximum Gasteiger partial charge on any atom is 0.269 e. The van der Waals surface area contributed by atoms with Crippen molar-refractivity contribution in [1.82, 2.24) is 14.8 Å². The lowest BCUT2D eigenvalue weighted by molar-refractivity contribution is -0.384. The summed E-state index contributed by atoms with van der Waals surface area (Å²) in [5, 5.41) is 20.5. The van der Waals surface area contributed by atoms with E-state index in [0.717, 1.165) is 48.9 Å². The molecule has 10 nitrogen and oxygen atoms in total. The van der Waals surface area contributed by atoms with Gasteiger partial charge in [0.2, 0.25) is 11.9 Å². The molecule has 4 heterocycles. The van der Waals surface area contributed by atoms with E-state index in [9.17, 15) is 14.9 Å². The van der Waals surface area contributed by atoms with Crippen LogP contribution in [0.1, 0.15) is 30.6 Å². The highest BCUT2D eigenvalue weighted by Crippen LogP contribution is 2.32. The first-order valence-corrected chi connectivity index (χ1v) is 12.0. The van der Waals surface area contributed by atoms with Crippen LogP contribution in [0.2, 0.25) is 0 Å². The Morgan fingerprint density at radius 2 is 2.00 bits per heavy atom. The van der Waals surface area contributed by atoms with Crippen molar-refractivity contribution in [3.05, 3.63) is 58.0 Å². The molecule has 0 saturated carbocycles. The normalized spacial score (nSPS) is 15.6. The Morgan fingerprint density at radius 1 is 1.15 bits per heavy atom. The smallest absolute Gasteiger partial charge is 0.269 e. The van der Waals surface area contributed by atoms with Crippen molar-refractivity contribution in [3.8, 4) is 0 Å². The fourth-order valence-corrected chi connectivity index (χ4v) is 5.19. The molecule has 0 spiro atoms. The van der Waals surface area contributed by atoms with Crippen molar-refractivity contribution in [2.75, 3.05) is 35.2 Å². The summed E-state index contributed by atoms with van der Waals surface area (Å²) in [6, 6.07) is 8.44. The molecule has 0 radical (unpaired) electrons. The fourth-order valence-electron chi connectivity index (χ4n) is 4.38. The van der Waals surface area contributed by atoms with E-state index in [0.29, 0.717) is 24.7 Å². The maximum atomic E-state index is 13.0. The van der Waals surface area contributed by atoms with Gasteiger partial charge in [-0.25, -0.2) is 0 Å². The minimum absolute atomic E-state index is 0.0497. The quantitative estimate of drug-likeness (QED) is 0.294. The van der Waals surface area contributed by atoms with E-state index in [-0.39, 0.29) is 17.3 Å². The fraction of sp³-hybridized carbons (Fsp3) is 0.409. The van der Waals surface area contributed by atoms with Crippen molar-refractivity contribution in [2.24, 2.45) is 0 Å². The van der Waals surface area contributed by atoms with Crippen LogP contribution < -0.4 is 9.80 Å². The van der Waals surface area contributed by atoms with E-state index in [1.165, 1.54) is 24.2 Å². The first-order valence-electron chi connectivity index (χ1n) is 11.0. The van der Waals surface area contributed by atoms with Crippen LogP contribution in [0.3, 0.4) is 0 Å². The Hall–Kier alpha value is -3.34. The van der Waals surface area contributed by atoms with Gasteiger partial charge in [0.25, 0.3) is 5.69 Å². The number of nitrogens with zero attached hydrogens (tertiary/aromatic N) is 6. The molecule has 1 fully saturated rings. The van der Waals surface area contributed by atoms with Crippen LogP contribution in [0.5, 0.6) is 0 Å². The number of rotatable bonds is 7. The summed E-state index contributed by atoms with van der Waals surface area (Å²) in [5.74, 6) is 1.75. The van der Waals surface area contributed by atoms with E-state index in [4.69, 9.17) is 4.42 Å². The van der Waals surface area contributed by atoms with E-state index in [1.807, 2.05) is 16.7 Å². The summed E-state index contributed by atoms with van der Waals surface area (Å²) in [5.41, 5.74) is 1.63. The van der Waals surface area contributed by atoms with Crippen molar-refractivity contribution < 1.29 is 14.1 Å². The molecule has 33 heavy (non-hydrogen) atoms. The third-order valence-corrected chi connectivity index (χ3v) is 6.98. The third kappa shape index (κ3) is 4.45. The Kier molecular flexibility index (Phi) is 6.03. The van der Waals surface area contributed by atoms with Crippen LogP contribution in [-0.2, 0) is 17.8 Å². The number of nitro benzene ring substituents is 1. The van der Waals surface area contributed by atoms with Gasteiger partial charge in [-0.15, -0.1) is 10.2 Å². The standard InChI is InChI=1S/C22H24N6O4S/c29-20(26-11-8-16-13-17(28(30)31)6-7-19(16)26)15-33-22-24-23-21(25-9-2-1-3-10-25)27(22)14-18-5-4-12-32-18/h4-7,12-13H,1-3,8-11,14-15H2. The number of carbonyl (C=O) groups is 1. The second-order valence-electron chi connectivity index (χ2n) is 8.15. The molecule has 2 aromatic heterocycles. The number of anilines is 2. The maximum absolute atomic E-state index is 13.0. The van der Waals surface area contributed by atoms with Gasteiger partial charge in [-0.2, -0.15) is 0 Å². The predicted molar refractivity (Wildman–Crippen MR) is 124 cm³/mol. The lowest BCUT2D eigenvalue weighted by Crippen LogP contribution is -2.32. The number of nitro groups is 1. The summed E-state index contributed by atoms with van der Waals surface area (Å²) in [4.78, 5) is 27.6. The van der Waals surface area contributed by atoms with Gasteiger partial charge in [-0.3, -0.25) is 19.5 Å². The van der Waals surface area contributed by atoms with Crippen molar-refractivity contribution in [2.45, 2.75) is 37.4 Å². The predicted octanol–water partition coefficient (Wildman–Crippen LogP) is 3.50. The van der Waals surface area contributed by atoms with Gasteiger partial charge in [-0.05, 0) is 49.4 Å². The molecule has 0 atom stereocenters. The zero-order valence-electron chi connectivity index (χ0n) is 18.1. The van der Waals surface area contributed by atoms with Crippen LogP contribution in [0.25, 0.3) is 0 Å². The summed E-state index contributed by atoms with van der Waals surface area (Å²) < 4.78 is 7.57. The number of aromatic nitrogens is 3. The molecule has 3 aromatic rings. The van der Waals surface area contributed by atoms with Crippen LogP contribution in [0.15, 0.2) is 46.2 Å². The zero-order chi connectivity index (χ0) is 22.8. The number of fused-ring (bicyclic) bond motifs is 1. The highest BCUT2D eigenvalue weighted by Gasteiger charge is 2.27. The van der Waals surface area contributed by atoms with Crippen molar-refractivity contribution >= 4 is 35.0 Å². The molecular formula is C22H24N6O4S. The van der Waals surface area contributed by atoms with Gasteiger partial charge in [0.1, 0.15) is 5.76 Å². The van der Waals surface area contributed by atoms with Crippen molar-refractivity contribution in [3.63, 3.8) is 0 Å². The largest absolute Gasteiger partial charge is 0.467 e. The van der Waals surface area contributed by atoms with Crippen LogP contribution >= 0.6 is 11.8 Å². The third-order valence-electron chi connectivity index (χ3n) is 6.03. The monoisotopic (exact) mass is 468 g/mol. The second-order valence-corrected chi connectivity index (χ2v) is 9.09. The van der Waals surface area contributed by atoms with Gasteiger partial charge >= 0.3 is 0 Å². The Bertz CT molecular complexity index is 1160. The zero-order valence-corrected chi connectivity index (χ0v) is 18.9. The summed E-state index contributed by atoms with van der Waals surface area (Å²) in [6.45, 7) is 2.90. The number of thioether (sulfide) groups is 1. The number of hydrogen-bond donors (Lipinski definition) is 0. The summed E-state index contributed by atoms with van der Waals surface area (Å²) in [7, 11) is 0. The SMILES string of the molecule is O=C(CSc1nnc(N2CCCCC2)n1Cc1ccco1)N1CCc2cc([N+](=O)[O-])ccc21. The molecule has 0 unspecified atom stereocenters. The number of furan rings is 1. The Balaban J connectivity index is 1.32. The molecular weight excluding hydrogens is 444 g/mol. The molecule has 172 valence electrons. The van der Waals surface area contributed by atoms with Crippen molar-refractivity contribution in [1.29, 1.82) is 0 Å². The lowest BCUT2D eigenvalue weighted by Gasteiger charge is -2.27. The molecule has 1 amide bonds. The van der Waals surface area contributed by atoms with E-state index in [1.54, 1.807) is 23.3 Å². The molecule has 2 aliphatic heterocycles. The van der Waals surface area contributed by atoms with E-state index < -0.39 is 4.92 Å². The first kappa shape index (κ1) is 21.5. The molecule has 11 heteroatoms. The van der Waals surface area contributed by atoms with Gasteiger partial charge in [0.05, 0.1) is 23.5 Å². The summed E-state index contributed by atoms with van der Waals surface area (Å²) >= 11 is 1.35. The second kappa shape index (κ2) is 9.26. The highest BCUT2D eigenvalue weighted by molar-refractivity contribution is 7.99. The van der Waals surface area contributed by atoms with E-state index in [2.05, 4.69) is 15.1 Å². The number of amides is 1. The molecule has 5 rings (SSSR count). The van der Waals surface area contributed by atoms with Gasteiger partial charge < -0.3 is 14.2 Å². The number of carbonyl (C=O) groups excluding carboxylic acids is 1. The minimum Gasteiger partial charge on any atom is -0.467 e. The molecule has 0 aliphatic carbocycles. The molecule has 0 bridgehead atoms. The van der Waals surface area contributed by atoms with Gasteiger partial charge in [0.15, 0.2) is 5.16 Å². The molecule has 2 aliphatic rings.